The molecule has 0 aliphatic carbocycles. The highest BCUT2D eigenvalue weighted by atomic mass is 16.5. The van der Waals surface area contributed by atoms with Crippen molar-refractivity contribution in [2.24, 2.45) is 0 Å². The third-order valence-electron chi connectivity index (χ3n) is 4.68. The topological polar surface area (TPSA) is 73.1 Å². The summed E-state index contributed by atoms with van der Waals surface area (Å²) in [4.78, 5) is 23.4. The van der Waals surface area contributed by atoms with Crippen LogP contribution < -0.4 is 9.64 Å². The number of methoxy groups -OCH3 is 1. The van der Waals surface area contributed by atoms with Gasteiger partial charge in [-0.15, -0.1) is 0 Å². The minimum atomic E-state index is -0.0931. The van der Waals surface area contributed by atoms with Gasteiger partial charge in [0.25, 0.3) is 5.91 Å². The van der Waals surface area contributed by atoms with Crippen LogP contribution >= 0.6 is 0 Å². The summed E-state index contributed by atoms with van der Waals surface area (Å²) in [5.41, 5.74) is 3.31. The number of rotatable bonds is 7. The first-order valence-electron chi connectivity index (χ1n) is 9.49. The smallest absolute Gasteiger partial charge is 0.258 e. The average molecular weight is 399 g/mol. The number of ether oxygens (including phenoxy) is 1. The number of aromatic nitrogens is 4. The molecule has 0 saturated heterocycles. The fourth-order valence-corrected chi connectivity index (χ4v) is 3.18. The Labute approximate surface area is 174 Å². The molecule has 2 aromatic heterocycles. The van der Waals surface area contributed by atoms with Gasteiger partial charge in [-0.1, -0.05) is 18.2 Å². The van der Waals surface area contributed by atoms with Crippen molar-refractivity contribution in [2.75, 3.05) is 12.0 Å². The van der Waals surface area contributed by atoms with Gasteiger partial charge in [-0.3, -0.25) is 9.78 Å². The molecule has 7 nitrogen and oxygen atoms in total. The molecule has 0 saturated carbocycles. The number of carbonyl (C=O) groups is 1. The third kappa shape index (κ3) is 4.52. The largest absolute Gasteiger partial charge is 0.497 e. The van der Waals surface area contributed by atoms with Crippen LogP contribution in [0.15, 0.2) is 85.7 Å². The van der Waals surface area contributed by atoms with Gasteiger partial charge in [-0.05, 0) is 53.6 Å². The maximum atomic E-state index is 13.5. The summed E-state index contributed by atoms with van der Waals surface area (Å²) in [5.74, 6) is 0.645. The van der Waals surface area contributed by atoms with E-state index in [0.717, 1.165) is 22.6 Å². The van der Waals surface area contributed by atoms with Crippen LogP contribution in [0.25, 0.3) is 0 Å². The van der Waals surface area contributed by atoms with Crippen LogP contribution in [0.2, 0.25) is 0 Å². The van der Waals surface area contributed by atoms with Gasteiger partial charge < -0.3 is 9.64 Å². The van der Waals surface area contributed by atoms with E-state index in [1.54, 1.807) is 35.4 Å². The lowest BCUT2D eigenvalue weighted by molar-refractivity contribution is 0.0985. The van der Waals surface area contributed by atoms with E-state index in [1.165, 1.54) is 6.33 Å². The van der Waals surface area contributed by atoms with E-state index in [0.29, 0.717) is 18.7 Å². The molecular formula is C23H21N5O2. The Balaban J connectivity index is 1.64. The molecular weight excluding hydrogens is 378 g/mol. The van der Waals surface area contributed by atoms with E-state index >= 15 is 0 Å². The van der Waals surface area contributed by atoms with E-state index < -0.39 is 0 Å². The molecule has 7 heteroatoms. The highest BCUT2D eigenvalue weighted by Gasteiger charge is 2.19. The molecule has 0 fully saturated rings. The quantitative estimate of drug-likeness (QED) is 0.475. The van der Waals surface area contributed by atoms with Crippen molar-refractivity contribution in [3.8, 4) is 5.75 Å². The lowest BCUT2D eigenvalue weighted by atomic mass is 10.1. The zero-order valence-electron chi connectivity index (χ0n) is 16.5. The molecule has 0 N–H and O–H groups in total. The molecule has 0 atom stereocenters. The normalized spacial score (nSPS) is 10.6. The highest BCUT2D eigenvalue weighted by Crippen LogP contribution is 2.23. The molecule has 4 aromatic rings. The summed E-state index contributed by atoms with van der Waals surface area (Å²) in [5, 5.41) is 4.13. The molecule has 0 bridgehead atoms. The van der Waals surface area contributed by atoms with Gasteiger partial charge in [0.1, 0.15) is 18.4 Å². The number of nitrogens with zero attached hydrogens (tertiary/aromatic N) is 5. The average Bonchev–Trinajstić information content (AvgIpc) is 3.31. The predicted molar refractivity (Wildman–Crippen MR) is 113 cm³/mol. The van der Waals surface area contributed by atoms with Gasteiger partial charge in [0.2, 0.25) is 0 Å². The fraction of sp³-hybridized carbons (Fsp3) is 0.130. The fourth-order valence-electron chi connectivity index (χ4n) is 3.18. The first-order valence-corrected chi connectivity index (χ1v) is 9.49. The molecule has 0 aliphatic heterocycles. The lowest BCUT2D eigenvalue weighted by Gasteiger charge is -2.23. The van der Waals surface area contributed by atoms with Gasteiger partial charge >= 0.3 is 0 Å². The number of pyridine rings is 1. The van der Waals surface area contributed by atoms with Crippen LogP contribution in [0.5, 0.6) is 5.75 Å². The zero-order chi connectivity index (χ0) is 20.8. The molecule has 2 heterocycles. The van der Waals surface area contributed by atoms with Gasteiger partial charge in [0, 0.05) is 23.6 Å². The molecule has 30 heavy (non-hydrogen) atoms. The summed E-state index contributed by atoms with van der Waals surface area (Å²) in [6.07, 6.45) is 6.64. The third-order valence-corrected chi connectivity index (χ3v) is 4.68. The number of hydrogen-bond acceptors (Lipinski definition) is 5. The SMILES string of the molecule is COc1ccc(N(Cc2cccnc2)C(=O)c2cccc(Cn3cncn3)c2)cc1. The summed E-state index contributed by atoms with van der Waals surface area (Å²) in [6, 6.07) is 18.9. The minimum Gasteiger partial charge on any atom is -0.497 e. The van der Waals surface area contributed by atoms with Crippen molar-refractivity contribution >= 4 is 11.6 Å². The Hall–Kier alpha value is -4.00. The summed E-state index contributed by atoms with van der Waals surface area (Å²) < 4.78 is 6.97. The molecule has 1 amide bonds. The van der Waals surface area contributed by atoms with Crippen LogP contribution in [0, 0.1) is 0 Å². The second-order valence-corrected chi connectivity index (χ2v) is 6.74. The van der Waals surface area contributed by atoms with Crippen LogP contribution in [0.3, 0.4) is 0 Å². The van der Waals surface area contributed by atoms with E-state index in [4.69, 9.17) is 4.74 Å². The van der Waals surface area contributed by atoms with Gasteiger partial charge in [-0.25, -0.2) is 9.67 Å². The molecule has 0 aliphatic rings. The highest BCUT2D eigenvalue weighted by molar-refractivity contribution is 6.06. The molecule has 0 unspecified atom stereocenters. The Morgan fingerprint density at radius 1 is 1.03 bits per heavy atom. The van der Waals surface area contributed by atoms with E-state index in [2.05, 4.69) is 15.1 Å². The monoisotopic (exact) mass is 399 g/mol. The molecule has 0 radical (unpaired) electrons. The van der Waals surface area contributed by atoms with Crippen LogP contribution in [-0.4, -0.2) is 32.8 Å². The van der Waals surface area contributed by atoms with E-state index in [1.807, 2.05) is 60.7 Å². The Morgan fingerprint density at radius 3 is 2.57 bits per heavy atom. The lowest BCUT2D eigenvalue weighted by Crippen LogP contribution is -2.30. The van der Waals surface area contributed by atoms with Crippen molar-refractivity contribution in [1.29, 1.82) is 0 Å². The first-order chi connectivity index (χ1) is 14.7. The van der Waals surface area contributed by atoms with Crippen LogP contribution in [0.4, 0.5) is 5.69 Å². The van der Waals surface area contributed by atoms with Crippen molar-refractivity contribution < 1.29 is 9.53 Å². The molecule has 2 aromatic carbocycles. The first kappa shape index (κ1) is 19.3. The summed E-state index contributed by atoms with van der Waals surface area (Å²) in [6.45, 7) is 0.957. The van der Waals surface area contributed by atoms with E-state index in [-0.39, 0.29) is 5.91 Å². The van der Waals surface area contributed by atoms with Gasteiger partial charge in [-0.2, -0.15) is 5.10 Å². The molecule has 4 rings (SSSR count). The Bertz CT molecular complexity index is 1100. The van der Waals surface area contributed by atoms with Gasteiger partial charge in [0.15, 0.2) is 0 Å². The van der Waals surface area contributed by atoms with Crippen molar-refractivity contribution in [3.63, 3.8) is 0 Å². The standard InChI is InChI=1S/C23H21N5O2/c1-30-22-9-7-21(8-10-22)28(15-19-5-3-11-24-13-19)23(29)20-6-2-4-18(12-20)14-27-17-25-16-26-27/h2-13,16-17H,14-15H2,1H3. The maximum absolute atomic E-state index is 13.5. The summed E-state index contributed by atoms with van der Waals surface area (Å²) in [7, 11) is 1.62. The van der Waals surface area contributed by atoms with Crippen LogP contribution in [-0.2, 0) is 13.1 Å². The Morgan fingerprint density at radius 2 is 1.87 bits per heavy atom. The molecule has 0 spiro atoms. The predicted octanol–water partition coefficient (Wildman–Crippen LogP) is 3.58. The number of hydrogen-bond donors (Lipinski definition) is 0. The van der Waals surface area contributed by atoms with E-state index in [9.17, 15) is 4.79 Å². The van der Waals surface area contributed by atoms with Crippen molar-refractivity contribution in [1.82, 2.24) is 19.7 Å². The van der Waals surface area contributed by atoms with Crippen molar-refractivity contribution in [2.45, 2.75) is 13.1 Å². The summed E-state index contributed by atoms with van der Waals surface area (Å²) >= 11 is 0. The second-order valence-electron chi connectivity index (χ2n) is 6.74. The number of carbonyl (C=O) groups excluding carboxylic acids is 1. The van der Waals surface area contributed by atoms with Crippen LogP contribution in [0.1, 0.15) is 21.5 Å². The Kier molecular flexibility index (Phi) is 5.80. The van der Waals surface area contributed by atoms with Crippen molar-refractivity contribution in [3.05, 3.63) is 102 Å². The van der Waals surface area contributed by atoms with Gasteiger partial charge in [0.05, 0.1) is 20.2 Å². The number of anilines is 1. The zero-order valence-corrected chi connectivity index (χ0v) is 16.5. The second kappa shape index (κ2) is 9.00. The minimum absolute atomic E-state index is 0.0931. The molecule has 150 valence electrons. The number of benzene rings is 2. The number of amides is 1. The maximum Gasteiger partial charge on any atom is 0.258 e.